The summed E-state index contributed by atoms with van der Waals surface area (Å²) in [6.07, 6.45) is 1.53. The maximum atomic E-state index is 12.1. The predicted molar refractivity (Wildman–Crippen MR) is 74.9 cm³/mol. The average molecular weight is 246 g/mol. The van der Waals surface area contributed by atoms with Crippen molar-refractivity contribution in [2.45, 2.75) is 26.7 Å². The molecule has 0 saturated heterocycles. The van der Waals surface area contributed by atoms with Gasteiger partial charge >= 0.3 is 0 Å². The van der Waals surface area contributed by atoms with E-state index in [0.29, 0.717) is 6.42 Å². The molecule has 0 saturated carbocycles. The first-order valence-corrected chi connectivity index (χ1v) is 6.86. The molecule has 1 heterocycles. The highest BCUT2D eigenvalue weighted by atomic mass is 16.2. The van der Waals surface area contributed by atoms with E-state index in [2.05, 4.69) is 36.9 Å². The molecule has 0 aromatic heterocycles. The van der Waals surface area contributed by atoms with Crippen molar-refractivity contribution in [2.24, 2.45) is 0 Å². The summed E-state index contributed by atoms with van der Waals surface area (Å²) in [7, 11) is 0. The molecule has 1 aliphatic heterocycles. The third kappa shape index (κ3) is 2.72. The lowest BCUT2D eigenvalue weighted by Gasteiger charge is -2.31. The Labute approximate surface area is 109 Å². The number of hydrogen-bond donors (Lipinski definition) is 0. The van der Waals surface area contributed by atoms with Gasteiger partial charge in [0.25, 0.3) is 0 Å². The van der Waals surface area contributed by atoms with E-state index in [4.69, 9.17) is 0 Å². The number of fused-ring (bicyclic) bond motifs is 1. The van der Waals surface area contributed by atoms with Crippen molar-refractivity contribution in [2.75, 3.05) is 31.1 Å². The molecule has 2 rings (SSSR count). The molecule has 1 amide bonds. The predicted octanol–water partition coefficient (Wildman–Crippen LogP) is 2.31. The van der Waals surface area contributed by atoms with E-state index in [0.717, 1.165) is 38.3 Å². The molecule has 0 bridgehead atoms. The molecule has 1 aliphatic rings. The highest BCUT2D eigenvalue weighted by Crippen LogP contribution is 2.27. The van der Waals surface area contributed by atoms with Gasteiger partial charge in [-0.15, -0.1) is 0 Å². The van der Waals surface area contributed by atoms with Gasteiger partial charge in [-0.25, -0.2) is 0 Å². The van der Waals surface area contributed by atoms with Crippen LogP contribution in [0.5, 0.6) is 0 Å². The summed E-state index contributed by atoms with van der Waals surface area (Å²) in [5.41, 5.74) is 2.41. The van der Waals surface area contributed by atoms with Crippen LogP contribution in [0.15, 0.2) is 24.3 Å². The molecular formula is C15H22N2O. The van der Waals surface area contributed by atoms with Crippen LogP contribution in [0.4, 0.5) is 5.69 Å². The summed E-state index contributed by atoms with van der Waals surface area (Å²) in [4.78, 5) is 16.4. The molecule has 0 aliphatic carbocycles. The monoisotopic (exact) mass is 246 g/mol. The number of likely N-dealkylation sites (N-methyl/N-ethyl adjacent to an activating group) is 1. The van der Waals surface area contributed by atoms with E-state index in [1.807, 2.05) is 11.0 Å². The second-order valence-corrected chi connectivity index (χ2v) is 4.70. The van der Waals surface area contributed by atoms with Crippen LogP contribution in [0.3, 0.4) is 0 Å². The molecule has 1 aromatic carbocycles. The minimum absolute atomic E-state index is 0.265. The van der Waals surface area contributed by atoms with Gasteiger partial charge in [0.15, 0.2) is 0 Å². The zero-order valence-corrected chi connectivity index (χ0v) is 11.4. The average Bonchev–Trinajstić information content (AvgIpc) is 2.42. The van der Waals surface area contributed by atoms with Crippen LogP contribution in [0, 0.1) is 0 Å². The highest BCUT2D eigenvalue weighted by molar-refractivity contribution is 5.96. The third-order valence-electron chi connectivity index (χ3n) is 3.73. The molecular weight excluding hydrogens is 224 g/mol. The molecule has 0 atom stereocenters. The van der Waals surface area contributed by atoms with Crippen molar-refractivity contribution in [3.63, 3.8) is 0 Å². The Kier molecular flexibility index (Phi) is 4.37. The third-order valence-corrected chi connectivity index (χ3v) is 3.73. The zero-order chi connectivity index (χ0) is 13.0. The van der Waals surface area contributed by atoms with E-state index in [1.165, 1.54) is 5.56 Å². The first-order valence-electron chi connectivity index (χ1n) is 6.86. The largest absolute Gasteiger partial charge is 0.311 e. The van der Waals surface area contributed by atoms with Gasteiger partial charge in [0.05, 0.1) is 0 Å². The van der Waals surface area contributed by atoms with Gasteiger partial charge in [0.2, 0.25) is 5.91 Å². The molecule has 0 spiro atoms. The second-order valence-electron chi connectivity index (χ2n) is 4.70. The van der Waals surface area contributed by atoms with Crippen LogP contribution >= 0.6 is 0 Å². The van der Waals surface area contributed by atoms with E-state index in [9.17, 15) is 4.79 Å². The Morgan fingerprint density at radius 2 is 1.89 bits per heavy atom. The molecule has 0 fully saturated rings. The second kappa shape index (κ2) is 6.01. The van der Waals surface area contributed by atoms with Crippen molar-refractivity contribution in [1.82, 2.24) is 4.90 Å². The zero-order valence-electron chi connectivity index (χ0n) is 11.4. The van der Waals surface area contributed by atoms with Crippen molar-refractivity contribution in [3.8, 4) is 0 Å². The SMILES string of the molecule is CCN(CC)CCN1C(=O)CCc2ccccc21. The summed E-state index contributed by atoms with van der Waals surface area (Å²) in [5, 5.41) is 0. The van der Waals surface area contributed by atoms with Crippen molar-refractivity contribution in [3.05, 3.63) is 29.8 Å². The van der Waals surface area contributed by atoms with Gasteiger partial charge in [-0.2, -0.15) is 0 Å². The smallest absolute Gasteiger partial charge is 0.227 e. The summed E-state index contributed by atoms with van der Waals surface area (Å²) in [5.74, 6) is 0.265. The van der Waals surface area contributed by atoms with Gasteiger partial charge in [0, 0.05) is 25.2 Å². The van der Waals surface area contributed by atoms with Gasteiger partial charge < -0.3 is 9.80 Å². The first-order chi connectivity index (χ1) is 8.76. The summed E-state index contributed by atoms with van der Waals surface area (Å²) in [6, 6.07) is 8.26. The molecule has 1 aromatic rings. The summed E-state index contributed by atoms with van der Waals surface area (Å²) in [6.45, 7) is 8.16. The Hall–Kier alpha value is -1.35. The minimum atomic E-state index is 0.265. The summed E-state index contributed by atoms with van der Waals surface area (Å²) < 4.78 is 0. The number of carbonyl (C=O) groups is 1. The topological polar surface area (TPSA) is 23.6 Å². The maximum Gasteiger partial charge on any atom is 0.227 e. The molecule has 18 heavy (non-hydrogen) atoms. The maximum absolute atomic E-state index is 12.1. The quantitative estimate of drug-likeness (QED) is 0.796. The lowest BCUT2D eigenvalue weighted by molar-refractivity contribution is -0.118. The lowest BCUT2D eigenvalue weighted by Crippen LogP contribution is -2.41. The number of rotatable bonds is 5. The van der Waals surface area contributed by atoms with Crippen molar-refractivity contribution in [1.29, 1.82) is 0 Å². The number of hydrogen-bond acceptors (Lipinski definition) is 2. The number of para-hydroxylation sites is 1. The van der Waals surface area contributed by atoms with Crippen molar-refractivity contribution >= 4 is 11.6 Å². The highest BCUT2D eigenvalue weighted by Gasteiger charge is 2.23. The number of nitrogens with zero attached hydrogens (tertiary/aromatic N) is 2. The van der Waals surface area contributed by atoms with Gasteiger partial charge in [-0.1, -0.05) is 32.0 Å². The number of carbonyl (C=O) groups excluding carboxylic acids is 1. The van der Waals surface area contributed by atoms with E-state index in [1.54, 1.807) is 0 Å². The summed E-state index contributed by atoms with van der Waals surface area (Å²) >= 11 is 0. The number of benzene rings is 1. The molecule has 3 nitrogen and oxygen atoms in total. The van der Waals surface area contributed by atoms with Crippen LogP contribution in [0.25, 0.3) is 0 Å². The first kappa shape index (κ1) is 13.1. The fourth-order valence-electron chi connectivity index (χ4n) is 2.52. The van der Waals surface area contributed by atoms with Crippen LogP contribution in [0.1, 0.15) is 25.8 Å². The van der Waals surface area contributed by atoms with Gasteiger partial charge in [-0.05, 0) is 31.1 Å². The van der Waals surface area contributed by atoms with E-state index in [-0.39, 0.29) is 5.91 Å². The normalized spacial score (nSPS) is 15.1. The standard InChI is InChI=1S/C15H22N2O/c1-3-16(4-2)11-12-17-14-8-6-5-7-13(14)9-10-15(17)18/h5-8H,3-4,9-12H2,1-2H3. The Bertz CT molecular complexity index is 413. The van der Waals surface area contributed by atoms with Crippen LogP contribution in [-0.4, -0.2) is 37.0 Å². The molecule has 3 heteroatoms. The number of anilines is 1. The minimum Gasteiger partial charge on any atom is -0.311 e. The van der Waals surface area contributed by atoms with Crippen molar-refractivity contribution < 1.29 is 4.79 Å². The fraction of sp³-hybridized carbons (Fsp3) is 0.533. The van der Waals surface area contributed by atoms with Crippen LogP contribution in [-0.2, 0) is 11.2 Å². The Balaban J connectivity index is 2.09. The molecule has 0 N–H and O–H groups in total. The van der Waals surface area contributed by atoms with Gasteiger partial charge in [0.1, 0.15) is 0 Å². The van der Waals surface area contributed by atoms with Crippen LogP contribution < -0.4 is 4.90 Å². The fourth-order valence-corrected chi connectivity index (χ4v) is 2.52. The lowest BCUT2D eigenvalue weighted by atomic mass is 10.0. The van der Waals surface area contributed by atoms with Crippen LogP contribution in [0.2, 0.25) is 0 Å². The molecule has 0 radical (unpaired) electrons. The molecule has 98 valence electrons. The van der Waals surface area contributed by atoms with Gasteiger partial charge in [-0.3, -0.25) is 4.79 Å². The van der Waals surface area contributed by atoms with E-state index >= 15 is 0 Å². The Morgan fingerprint density at radius 1 is 1.17 bits per heavy atom. The molecule has 0 unspecified atom stereocenters. The van der Waals surface area contributed by atoms with E-state index < -0.39 is 0 Å². The Morgan fingerprint density at radius 3 is 2.61 bits per heavy atom. The number of amides is 1. The number of aryl methyl sites for hydroxylation is 1.